The molecule has 0 saturated carbocycles. The number of hydrazone groups is 1. The Hall–Kier alpha value is -3.81. The van der Waals surface area contributed by atoms with Crippen molar-refractivity contribution in [3.05, 3.63) is 83.7 Å². The van der Waals surface area contributed by atoms with Gasteiger partial charge in [0.05, 0.1) is 28.8 Å². The summed E-state index contributed by atoms with van der Waals surface area (Å²) in [4.78, 5) is 12.6. The van der Waals surface area contributed by atoms with Crippen LogP contribution < -0.4 is 16.9 Å². The van der Waals surface area contributed by atoms with E-state index in [2.05, 4.69) is 25.4 Å². The number of aliphatic imine (C=N–C) groups is 1. The molecule has 0 fully saturated rings. The number of halogens is 1. The summed E-state index contributed by atoms with van der Waals surface area (Å²) in [6.07, 6.45) is 4.87. The lowest BCUT2D eigenvalue weighted by Crippen LogP contribution is -2.18. The molecule has 0 aliphatic heterocycles. The smallest absolute Gasteiger partial charge is 0.147 e. The first-order chi connectivity index (χ1) is 14.0. The van der Waals surface area contributed by atoms with Crippen molar-refractivity contribution in [1.29, 1.82) is 0 Å². The summed E-state index contributed by atoms with van der Waals surface area (Å²) in [5.41, 5.74) is 10.3. The normalized spacial score (nSPS) is 13.2. The van der Waals surface area contributed by atoms with Crippen LogP contribution in [0.3, 0.4) is 0 Å². The average Bonchev–Trinajstić information content (AvgIpc) is 2.75. The number of aromatic nitrogens is 2. The van der Waals surface area contributed by atoms with E-state index in [1.54, 1.807) is 50.8 Å². The van der Waals surface area contributed by atoms with Gasteiger partial charge in [-0.05, 0) is 42.8 Å². The lowest BCUT2D eigenvalue weighted by atomic mass is 10.0. The fourth-order valence-corrected chi connectivity index (χ4v) is 3.01. The van der Waals surface area contributed by atoms with E-state index in [0.717, 1.165) is 11.1 Å². The summed E-state index contributed by atoms with van der Waals surface area (Å²) in [6.45, 7) is 1.77. The van der Waals surface area contributed by atoms with Crippen molar-refractivity contribution in [2.24, 2.45) is 15.9 Å². The van der Waals surface area contributed by atoms with Gasteiger partial charge in [-0.3, -0.25) is 15.0 Å². The average molecular weight is 391 g/mol. The molecule has 2 heterocycles. The zero-order valence-corrected chi connectivity index (χ0v) is 16.2. The van der Waals surface area contributed by atoms with Crippen LogP contribution in [-0.4, -0.2) is 28.4 Å². The Morgan fingerprint density at radius 1 is 1.17 bits per heavy atom. The molecule has 0 amide bonds. The van der Waals surface area contributed by atoms with Crippen LogP contribution in [0.5, 0.6) is 0 Å². The number of benzene rings is 1. The van der Waals surface area contributed by atoms with Crippen molar-refractivity contribution >= 4 is 22.8 Å². The Bertz CT molecular complexity index is 1050. The van der Waals surface area contributed by atoms with Gasteiger partial charge in [0, 0.05) is 31.2 Å². The van der Waals surface area contributed by atoms with Gasteiger partial charge in [-0.25, -0.2) is 4.39 Å². The van der Waals surface area contributed by atoms with Crippen LogP contribution in [0.25, 0.3) is 0 Å². The highest BCUT2D eigenvalue weighted by Gasteiger charge is 2.21. The van der Waals surface area contributed by atoms with Crippen LogP contribution in [-0.2, 0) is 0 Å². The van der Waals surface area contributed by atoms with E-state index in [-0.39, 0.29) is 5.69 Å². The van der Waals surface area contributed by atoms with Gasteiger partial charge >= 0.3 is 0 Å². The molecule has 0 radical (unpaired) electrons. The lowest BCUT2D eigenvalue weighted by Gasteiger charge is -2.22. The molecule has 0 aliphatic carbocycles. The minimum Gasteiger partial charge on any atom is -0.397 e. The molecule has 1 aromatic carbocycles. The molecule has 7 nitrogen and oxygen atoms in total. The Labute approximate surface area is 168 Å². The van der Waals surface area contributed by atoms with Gasteiger partial charge in [0.2, 0.25) is 0 Å². The third kappa shape index (κ3) is 4.37. The number of nitrogen functional groups attached to an aromatic ring is 1. The van der Waals surface area contributed by atoms with E-state index >= 15 is 0 Å². The fourth-order valence-electron chi connectivity index (χ4n) is 3.01. The maximum absolute atomic E-state index is 14.5. The summed E-state index contributed by atoms with van der Waals surface area (Å²) < 4.78 is 14.5. The second-order valence-corrected chi connectivity index (χ2v) is 6.32. The van der Waals surface area contributed by atoms with Crippen molar-refractivity contribution in [3.8, 4) is 0 Å². The Kier molecular flexibility index (Phi) is 6.13. The molecule has 1 unspecified atom stereocenters. The van der Waals surface area contributed by atoms with Crippen molar-refractivity contribution < 1.29 is 4.39 Å². The van der Waals surface area contributed by atoms with Gasteiger partial charge in [0.25, 0.3) is 0 Å². The number of rotatable bonds is 6. The van der Waals surface area contributed by atoms with Crippen LogP contribution in [0.1, 0.15) is 29.8 Å². The molecule has 0 bridgehead atoms. The van der Waals surface area contributed by atoms with Crippen molar-refractivity contribution in [1.82, 2.24) is 9.97 Å². The number of hydrogen-bond acceptors (Lipinski definition) is 7. The molecule has 3 rings (SSSR count). The summed E-state index contributed by atoms with van der Waals surface area (Å²) in [5, 5.41) is 7.03. The molecule has 29 heavy (non-hydrogen) atoms. The first-order valence-electron chi connectivity index (χ1n) is 8.93. The van der Waals surface area contributed by atoms with Gasteiger partial charge in [-0.1, -0.05) is 12.1 Å². The number of nitrogens with one attached hydrogen (secondary N) is 1. The molecule has 0 spiro atoms. The predicted molar refractivity (Wildman–Crippen MR) is 115 cm³/mol. The first-order valence-corrected chi connectivity index (χ1v) is 8.93. The zero-order valence-electron chi connectivity index (χ0n) is 16.2. The van der Waals surface area contributed by atoms with Crippen LogP contribution in [0.4, 0.5) is 15.8 Å². The highest BCUT2D eigenvalue weighted by Crippen LogP contribution is 2.30. The number of nitrogens with two attached hydrogens (primary N) is 2. The van der Waals surface area contributed by atoms with E-state index < -0.39 is 11.9 Å². The lowest BCUT2D eigenvalue weighted by molar-refractivity contribution is 0.592. The molecule has 8 heteroatoms. The quantitative estimate of drug-likeness (QED) is 0.258. The largest absolute Gasteiger partial charge is 0.397 e. The molecule has 1 atom stereocenters. The molecular formula is C21H22FN7. The standard InChI is InChI=1S/C21H22FN7/c1-13(29-24)19(25-2)14-7-8-17(23)18(11-14)28-20(15-5-3-9-26-12-15)21-16(22)6-4-10-27-21/h3-12,20,28H,23-24H2,1-2H3. The number of hydrogen-bond donors (Lipinski definition) is 3. The van der Waals surface area contributed by atoms with Crippen molar-refractivity contribution in [3.63, 3.8) is 0 Å². The minimum atomic E-state index is -0.589. The molecule has 0 aliphatic rings. The first kappa shape index (κ1) is 19.9. The van der Waals surface area contributed by atoms with E-state index in [4.69, 9.17) is 11.6 Å². The van der Waals surface area contributed by atoms with Gasteiger partial charge < -0.3 is 16.9 Å². The number of anilines is 2. The summed E-state index contributed by atoms with van der Waals surface area (Å²) >= 11 is 0. The van der Waals surface area contributed by atoms with Crippen LogP contribution >= 0.6 is 0 Å². The Morgan fingerprint density at radius 2 is 1.97 bits per heavy atom. The Morgan fingerprint density at radius 3 is 2.62 bits per heavy atom. The van der Waals surface area contributed by atoms with Crippen molar-refractivity contribution in [2.45, 2.75) is 13.0 Å². The third-order valence-corrected chi connectivity index (χ3v) is 4.46. The van der Waals surface area contributed by atoms with Crippen LogP contribution in [0.2, 0.25) is 0 Å². The third-order valence-electron chi connectivity index (χ3n) is 4.46. The van der Waals surface area contributed by atoms with Gasteiger partial charge in [0.15, 0.2) is 0 Å². The van der Waals surface area contributed by atoms with Crippen LogP contribution in [0.15, 0.2) is 71.1 Å². The SMILES string of the molecule is CN=C(C(C)=NN)c1ccc(N)c(NC(c2cccnc2)c2ncccc2F)c1. The minimum absolute atomic E-state index is 0.245. The van der Waals surface area contributed by atoms with Gasteiger partial charge in [-0.15, -0.1) is 0 Å². The monoisotopic (exact) mass is 391 g/mol. The maximum atomic E-state index is 14.5. The summed E-state index contributed by atoms with van der Waals surface area (Å²) in [5.74, 6) is 4.99. The van der Waals surface area contributed by atoms with E-state index in [1.807, 2.05) is 18.2 Å². The molecular weight excluding hydrogens is 369 g/mol. The number of nitrogens with zero attached hydrogens (tertiary/aromatic N) is 4. The zero-order chi connectivity index (χ0) is 20.8. The van der Waals surface area contributed by atoms with Crippen molar-refractivity contribution in [2.75, 3.05) is 18.1 Å². The maximum Gasteiger partial charge on any atom is 0.147 e. The highest BCUT2D eigenvalue weighted by molar-refractivity contribution is 6.47. The van der Waals surface area contributed by atoms with Gasteiger partial charge in [-0.2, -0.15) is 5.10 Å². The molecule has 148 valence electrons. The van der Waals surface area contributed by atoms with E-state index in [9.17, 15) is 4.39 Å². The number of pyridine rings is 2. The molecule has 5 N–H and O–H groups in total. The second-order valence-electron chi connectivity index (χ2n) is 6.32. The topological polar surface area (TPSA) is 115 Å². The highest BCUT2D eigenvalue weighted by atomic mass is 19.1. The molecule has 2 aromatic heterocycles. The second kappa shape index (κ2) is 8.92. The molecule has 0 saturated heterocycles. The van der Waals surface area contributed by atoms with E-state index in [0.29, 0.717) is 22.8 Å². The van der Waals surface area contributed by atoms with Gasteiger partial charge in [0.1, 0.15) is 11.5 Å². The summed E-state index contributed by atoms with van der Waals surface area (Å²) in [7, 11) is 1.66. The predicted octanol–water partition coefficient (Wildman–Crippen LogP) is 3.15. The van der Waals surface area contributed by atoms with E-state index in [1.165, 1.54) is 6.07 Å². The fraction of sp³-hybridized carbons (Fsp3) is 0.143. The van der Waals surface area contributed by atoms with Crippen LogP contribution in [0, 0.1) is 5.82 Å². The Balaban J connectivity index is 2.07. The molecule has 3 aromatic rings. The summed E-state index contributed by atoms with van der Waals surface area (Å²) in [6, 6.07) is 11.4.